The second-order valence-electron chi connectivity index (χ2n) is 11.5. The minimum Gasteiger partial charge on any atom is -0.478 e. The molecule has 10 heteroatoms. The molecule has 43 heavy (non-hydrogen) atoms. The number of hydrogen-bond acceptors (Lipinski definition) is 7. The summed E-state index contributed by atoms with van der Waals surface area (Å²) in [6, 6.07) is 17.6. The van der Waals surface area contributed by atoms with Crippen molar-refractivity contribution >= 4 is 27.9 Å². The second kappa shape index (κ2) is 11.8. The zero-order valence-corrected chi connectivity index (χ0v) is 24.4. The lowest BCUT2D eigenvalue weighted by Gasteiger charge is -2.32. The Balaban J connectivity index is 0.993. The number of pyridine rings is 1. The normalized spacial score (nSPS) is 17.8. The summed E-state index contributed by atoms with van der Waals surface area (Å²) < 4.78 is 16.0. The minimum atomic E-state index is -0.928. The Labute approximate surface area is 249 Å². The molecule has 0 spiro atoms. The van der Waals surface area contributed by atoms with Gasteiger partial charge in [0, 0.05) is 36.2 Å². The Kier molecular flexibility index (Phi) is 7.54. The first-order chi connectivity index (χ1) is 21.0. The SMILES string of the molecule is CCn1ncc2cc(COc3cccc(C4CCN(Cc5nc6ccc(C(=O)O)cc6n5C[C@@H]5CCO5)CC4)n3)ccc21. The van der Waals surface area contributed by atoms with E-state index in [0.29, 0.717) is 31.5 Å². The third-order valence-corrected chi connectivity index (χ3v) is 8.76. The number of nitrogens with zero attached hydrogens (tertiary/aromatic N) is 6. The number of likely N-dealkylation sites (tertiary alicyclic amines) is 1. The molecule has 222 valence electrons. The summed E-state index contributed by atoms with van der Waals surface area (Å²) in [7, 11) is 0. The van der Waals surface area contributed by atoms with Crippen LogP contribution in [0.2, 0.25) is 0 Å². The molecule has 0 unspecified atom stereocenters. The number of aryl methyl sites for hydroxylation is 1. The highest BCUT2D eigenvalue weighted by Crippen LogP contribution is 2.30. The van der Waals surface area contributed by atoms with E-state index in [1.165, 1.54) is 0 Å². The molecule has 0 radical (unpaired) electrons. The van der Waals surface area contributed by atoms with Crippen molar-refractivity contribution in [3.05, 3.63) is 83.4 Å². The minimum absolute atomic E-state index is 0.152. The van der Waals surface area contributed by atoms with Gasteiger partial charge >= 0.3 is 5.97 Å². The maximum Gasteiger partial charge on any atom is 0.335 e. The Morgan fingerprint density at radius 3 is 2.67 bits per heavy atom. The monoisotopic (exact) mass is 580 g/mol. The fraction of sp³-hybridized carbons (Fsp3) is 0.394. The van der Waals surface area contributed by atoms with E-state index < -0.39 is 5.97 Å². The van der Waals surface area contributed by atoms with Crippen LogP contribution in [0.25, 0.3) is 21.9 Å². The number of ether oxygens (including phenoxy) is 2. The molecule has 2 saturated heterocycles. The van der Waals surface area contributed by atoms with Gasteiger partial charge in [-0.05, 0) is 81.2 Å². The van der Waals surface area contributed by atoms with Crippen molar-refractivity contribution in [3.8, 4) is 5.88 Å². The van der Waals surface area contributed by atoms with E-state index in [0.717, 1.165) is 84.5 Å². The van der Waals surface area contributed by atoms with E-state index in [2.05, 4.69) is 45.8 Å². The van der Waals surface area contributed by atoms with Crippen LogP contribution in [-0.2, 0) is 31.0 Å². The molecule has 5 aromatic rings. The van der Waals surface area contributed by atoms with Crippen LogP contribution in [0, 0.1) is 0 Å². The lowest BCUT2D eigenvalue weighted by Crippen LogP contribution is -2.35. The molecule has 10 nitrogen and oxygen atoms in total. The molecule has 0 saturated carbocycles. The third-order valence-electron chi connectivity index (χ3n) is 8.76. The molecule has 2 aromatic carbocycles. The zero-order chi connectivity index (χ0) is 29.3. The lowest BCUT2D eigenvalue weighted by molar-refractivity contribution is -0.0592. The fourth-order valence-electron chi connectivity index (χ4n) is 6.22. The van der Waals surface area contributed by atoms with Crippen molar-refractivity contribution in [1.82, 2.24) is 29.2 Å². The highest BCUT2D eigenvalue weighted by atomic mass is 16.5. The quantitative estimate of drug-likeness (QED) is 0.239. The van der Waals surface area contributed by atoms with Crippen molar-refractivity contribution < 1.29 is 19.4 Å². The number of imidazole rings is 1. The highest BCUT2D eigenvalue weighted by molar-refractivity contribution is 5.92. The van der Waals surface area contributed by atoms with Crippen LogP contribution in [0.4, 0.5) is 0 Å². The number of aromatic nitrogens is 5. The van der Waals surface area contributed by atoms with Gasteiger partial charge in [-0.25, -0.2) is 14.8 Å². The van der Waals surface area contributed by atoms with Gasteiger partial charge in [0.25, 0.3) is 0 Å². The summed E-state index contributed by atoms with van der Waals surface area (Å²) in [6.45, 7) is 7.47. The number of hydrogen-bond donors (Lipinski definition) is 1. The number of carboxylic acids is 1. The van der Waals surface area contributed by atoms with Crippen molar-refractivity contribution in [3.63, 3.8) is 0 Å². The second-order valence-corrected chi connectivity index (χ2v) is 11.5. The van der Waals surface area contributed by atoms with Crippen LogP contribution in [0.1, 0.15) is 59.5 Å². The topological polar surface area (TPSA) is 108 Å². The van der Waals surface area contributed by atoms with Gasteiger partial charge in [0.2, 0.25) is 5.88 Å². The van der Waals surface area contributed by atoms with Crippen LogP contribution in [0.15, 0.2) is 60.8 Å². The molecule has 0 amide bonds. The Morgan fingerprint density at radius 1 is 1.05 bits per heavy atom. The van der Waals surface area contributed by atoms with Crippen LogP contribution >= 0.6 is 0 Å². The van der Waals surface area contributed by atoms with Gasteiger partial charge in [-0.15, -0.1) is 0 Å². The number of aromatic carboxylic acids is 1. The summed E-state index contributed by atoms with van der Waals surface area (Å²) in [5.74, 6) is 1.05. The van der Waals surface area contributed by atoms with Crippen LogP contribution in [0.5, 0.6) is 5.88 Å². The molecule has 2 aliphatic heterocycles. The predicted molar refractivity (Wildman–Crippen MR) is 162 cm³/mol. The van der Waals surface area contributed by atoms with Crippen molar-refractivity contribution in [2.75, 3.05) is 19.7 Å². The van der Waals surface area contributed by atoms with Gasteiger partial charge in [-0.2, -0.15) is 5.10 Å². The average molecular weight is 581 g/mol. The number of benzene rings is 2. The summed E-state index contributed by atoms with van der Waals surface area (Å²) in [6.07, 6.45) is 5.08. The van der Waals surface area contributed by atoms with Crippen LogP contribution in [0.3, 0.4) is 0 Å². The lowest BCUT2D eigenvalue weighted by atomic mass is 9.93. The predicted octanol–water partition coefficient (Wildman–Crippen LogP) is 5.25. The number of fused-ring (bicyclic) bond motifs is 2. The standard InChI is InChI=1S/C33H36N6O4/c1-2-39-29-9-6-22(16-25(29)18-34-39)21-43-32-5-3-4-27(36-32)23-10-13-37(14-11-23)20-31-35-28-8-7-24(33(40)41)17-30(28)38(31)19-26-12-15-42-26/h3-9,16-18,23,26H,2,10-15,19-21H2,1H3,(H,40,41)/t26-/m0/s1. The molecule has 0 aliphatic carbocycles. The molecule has 7 rings (SSSR count). The van der Waals surface area contributed by atoms with E-state index in [1.807, 2.05) is 29.1 Å². The first-order valence-corrected chi connectivity index (χ1v) is 15.1. The first-order valence-electron chi connectivity index (χ1n) is 15.1. The highest BCUT2D eigenvalue weighted by Gasteiger charge is 2.26. The largest absolute Gasteiger partial charge is 0.478 e. The molecule has 2 aliphatic rings. The summed E-state index contributed by atoms with van der Waals surface area (Å²) in [5.41, 5.74) is 5.27. The molecule has 2 fully saturated rings. The summed E-state index contributed by atoms with van der Waals surface area (Å²) >= 11 is 0. The number of carbonyl (C=O) groups is 1. The van der Waals surface area contributed by atoms with Gasteiger partial charge < -0.3 is 19.1 Å². The van der Waals surface area contributed by atoms with E-state index in [9.17, 15) is 9.90 Å². The van der Waals surface area contributed by atoms with Crippen LogP contribution < -0.4 is 4.74 Å². The number of piperidine rings is 1. The maximum atomic E-state index is 11.6. The van der Waals surface area contributed by atoms with Gasteiger partial charge in [0.05, 0.1) is 47.5 Å². The first kappa shape index (κ1) is 27.5. The van der Waals surface area contributed by atoms with Gasteiger partial charge in [0.1, 0.15) is 12.4 Å². The molecule has 3 aromatic heterocycles. The van der Waals surface area contributed by atoms with Crippen molar-refractivity contribution in [2.24, 2.45) is 0 Å². The summed E-state index contributed by atoms with van der Waals surface area (Å²) in [4.78, 5) is 23.8. The van der Waals surface area contributed by atoms with E-state index in [4.69, 9.17) is 19.4 Å². The van der Waals surface area contributed by atoms with Crippen LogP contribution in [-0.4, -0.2) is 66.1 Å². The van der Waals surface area contributed by atoms with Gasteiger partial charge in [-0.1, -0.05) is 12.1 Å². The molecule has 1 N–H and O–H groups in total. The Hall–Kier alpha value is -4.28. The van der Waals surface area contributed by atoms with Gasteiger partial charge in [0.15, 0.2) is 0 Å². The van der Waals surface area contributed by atoms with Crippen molar-refractivity contribution in [1.29, 1.82) is 0 Å². The van der Waals surface area contributed by atoms with E-state index >= 15 is 0 Å². The zero-order valence-electron chi connectivity index (χ0n) is 24.4. The van der Waals surface area contributed by atoms with Crippen molar-refractivity contribution in [2.45, 2.75) is 64.4 Å². The Morgan fingerprint density at radius 2 is 1.91 bits per heavy atom. The summed E-state index contributed by atoms with van der Waals surface area (Å²) in [5, 5.41) is 15.1. The van der Waals surface area contributed by atoms with E-state index in [-0.39, 0.29) is 11.7 Å². The smallest absolute Gasteiger partial charge is 0.335 e. The molecule has 5 heterocycles. The molecule has 1 atom stereocenters. The van der Waals surface area contributed by atoms with Gasteiger partial charge in [-0.3, -0.25) is 9.58 Å². The number of carboxylic acid groups (broad SMARTS) is 1. The van der Waals surface area contributed by atoms with E-state index in [1.54, 1.807) is 12.1 Å². The fourth-order valence-corrected chi connectivity index (χ4v) is 6.22. The third kappa shape index (κ3) is 5.72. The Bertz CT molecular complexity index is 1770. The maximum absolute atomic E-state index is 11.6. The molecule has 0 bridgehead atoms. The molecular formula is C33H36N6O4. The molecular weight excluding hydrogens is 544 g/mol. The average Bonchev–Trinajstić information content (AvgIpc) is 3.58. The number of rotatable bonds is 10.